The molecule has 1 heterocycles. The molecule has 2 nitrogen and oxygen atoms in total. The molecule has 0 unspecified atom stereocenters. The third-order valence-corrected chi connectivity index (χ3v) is 5.10. The van der Waals surface area contributed by atoms with Gasteiger partial charge in [0.25, 0.3) is 0 Å². The van der Waals surface area contributed by atoms with Crippen LogP contribution in [0.4, 0.5) is 0 Å². The van der Waals surface area contributed by atoms with Crippen molar-refractivity contribution >= 4 is 8.24 Å². The van der Waals surface area contributed by atoms with E-state index in [1.165, 1.54) is 16.8 Å². The standard InChI is InChI=1S/C18H20N2Si/c1-21(2,3)20-18(16-12-8-5-9-13-16)14-17(19-20)15-10-6-4-7-11-15/h4-14H,1-3H3. The zero-order valence-corrected chi connectivity index (χ0v) is 13.7. The molecule has 0 radical (unpaired) electrons. The fourth-order valence-electron chi connectivity index (χ4n) is 2.46. The van der Waals surface area contributed by atoms with Gasteiger partial charge in [0.1, 0.15) is 0 Å². The fourth-order valence-corrected chi connectivity index (χ4v) is 3.78. The molecule has 106 valence electrons. The van der Waals surface area contributed by atoms with Gasteiger partial charge in [-0.15, -0.1) is 0 Å². The molecule has 3 rings (SSSR count). The van der Waals surface area contributed by atoms with E-state index in [9.17, 15) is 0 Å². The maximum absolute atomic E-state index is 4.91. The van der Waals surface area contributed by atoms with E-state index in [0.29, 0.717) is 0 Å². The van der Waals surface area contributed by atoms with E-state index in [2.05, 4.69) is 84.7 Å². The quantitative estimate of drug-likeness (QED) is 0.628. The van der Waals surface area contributed by atoms with E-state index in [1.807, 2.05) is 6.07 Å². The number of benzene rings is 2. The van der Waals surface area contributed by atoms with Gasteiger partial charge in [-0.3, -0.25) is 4.35 Å². The second kappa shape index (κ2) is 5.33. The predicted octanol–water partition coefficient (Wildman–Crippen LogP) is 4.90. The Labute approximate surface area is 127 Å². The molecule has 0 aliphatic heterocycles. The Morgan fingerprint density at radius 1 is 0.762 bits per heavy atom. The van der Waals surface area contributed by atoms with Crippen molar-refractivity contribution in [3.8, 4) is 22.5 Å². The second-order valence-electron chi connectivity index (χ2n) is 6.23. The van der Waals surface area contributed by atoms with Crippen molar-refractivity contribution in [1.82, 2.24) is 9.45 Å². The van der Waals surface area contributed by atoms with E-state index in [0.717, 1.165) is 5.69 Å². The first-order valence-electron chi connectivity index (χ1n) is 7.27. The molecule has 0 atom stereocenters. The lowest BCUT2D eigenvalue weighted by atomic mass is 10.1. The van der Waals surface area contributed by atoms with Crippen LogP contribution in [0.15, 0.2) is 66.7 Å². The summed E-state index contributed by atoms with van der Waals surface area (Å²) in [6.07, 6.45) is 0. The van der Waals surface area contributed by atoms with Gasteiger partial charge in [0.2, 0.25) is 0 Å². The molecule has 0 aliphatic rings. The average molecular weight is 292 g/mol. The highest BCUT2D eigenvalue weighted by Gasteiger charge is 2.23. The Morgan fingerprint density at radius 2 is 1.29 bits per heavy atom. The van der Waals surface area contributed by atoms with Gasteiger partial charge in [-0.25, -0.2) is 0 Å². The maximum atomic E-state index is 4.91. The van der Waals surface area contributed by atoms with E-state index < -0.39 is 8.24 Å². The van der Waals surface area contributed by atoms with Crippen LogP contribution in [0.25, 0.3) is 22.5 Å². The van der Waals surface area contributed by atoms with Crippen LogP contribution in [-0.2, 0) is 0 Å². The first-order chi connectivity index (χ1) is 10.1. The van der Waals surface area contributed by atoms with Crippen LogP contribution >= 0.6 is 0 Å². The van der Waals surface area contributed by atoms with Gasteiger partial charge in [0.05, 0.1) is 11.4 Å². The maximum Gasteiger partial charge on any atom is 0.176 e. The molecule has 0 saturated carbocycles. The second-order valence-corrected chi connectivity index (χ2v) is 11.0. The van der Waals surface area contributed by atoms with Gasteiger partial charge >= 0.3 is 0 Å². The normalized spacial score (nSPS) is 11.6. The highest BCUT2D eigenvalue weighted by Crippen LogP contribution is 2.28. The molecule has 2 aromatic carbocycles. The topological polar surface area (TPSA) is 17.8 Å². The van der Waals surface area contributed by atoms with Crippen molar-refractivity contribution < 1.29 is 0 Å². The largest absolute Gasteiger partial charge is 0.294 e. The Hall–Kier alpha value is -2.13. The smallest absolute Gasteiger partial charge is 0.176 e. The van der Waals surface area contributed by atoms with E-state index >= 15 is 0 Å². The number of hydrogen-bond donors (Lipinski definition) is 0. The summed E-state index contributed by atoms with van der Waals surface area (Å²) in [6.45, 7) is 6.96. The fraction of sp³-hybridized carbons (Fsp3) is 0.167. The van der Waals surface area contributed by atoms with Crippen LogP contribution < -0.4 is 0 Å². The number of nitrogens with zero attached hydrogens (tertiary/aromatic N) is 2. The predicted molar refractivity (Wildman–Crippen MR) is 91.8 cm³/mol. The zero-order valence-electron chi connectivity index (χ0n) is 12.7. The summed E-state index contributed by atoms with van der Waals surface area (Å²) >= 11 is 0. The van der Waals surface area contributed by atoms with Gasteiger partial charge < -0.3 is 0 Å². The van der Waals surface area contributed by atoms with Crippen LogP contribution in [-0.4, -0.2) is 17.7 Å². The van der Waals surface area contributed by atoms with Crippen LogP contribution in [0.5, 0.6) is 0 Å². The summed E-state index contributed by atoms with van der Waals surface area (Å²) < 4.78 is 2.25. The van der Waals surface area contributed by atoms with Crippen molar-refractivity contribution in [2.75, 3.05) is 0 Å². The van der Waals surface area contributed by atoms with E-state index in [1.54, 1.807) is 0 Å². The molecular weight excluding hydrogens is 272 g/mol. The number of hydrogen-bond acceptors (Lipinski definition) is 1. The Balaban J connectivity index is 2.17. The van der Waals surface area contributed by atoms with E-state index in [-0.39, 0.29) is 0 Å². The van der Waals surface area contributed by atoms with Gasteiger partial charge in [-0.05, 0) is 31.3 Å². The first-order valence-corrected chi connectivity index (χ1v) is 10.7. The van der Waals surface area contributed by atoms with Crippen molar-refractivity contribution in [2.24, 2.45) is 0 Å². The molecule has 0 fully saturated rings. The minimum Gasteiger partial charge on any atom is -0.294 e. The van der Waals surface area contributed by atoms with Crippen molar-refractivity contribution in [3.05, 3.63) is 66.7 Å². The third-order valence-electron chi connectivity index (χ3n) is 3.48. The average Bonchev–Trinajstić information content (AvgIpc) is 2.94. The van der Waals surface area contributed by atoms with Crippen molar-refractivity contribution in [2.45, 2.75) is 19.6 Å². The van der Waals surface area contributed by atoms with Gasteiger partial charge in [0, 0.05) is 5.56 Å². The van der Waals surface area contributed by atoms with Crippen molar-refractivity contribution in [1.29, 1.82) is 0 Å². The molecule has 0 N–H and O–H groups in total. The molecule has 1 aromatic heterocycles. The summed E-state index contributed by atoms with van der Waals surface area (Å²) in [6, 6.07) is 23.1. The molecule has 0 bridgehead atoms. The lowest BCUT2D eigenvalue weighted by Gasteiger charge is -2.20. The van der Waals surface area contributed by atoms with E-state index in [4.69, 9.17) is 5.10 Å². The monoisotopic (exact) mass is 292 g/mol. The Kier molecular flexibility index (Phi) is 3.51. The van der Waals surface area contributed by atoms with Crippen molar-refractivity contribution in [3.63, 3.8) is 0 Å². The number of aromatic nitrogens is 2. The Bertz CT molecular complexity index is 725. The van der Waals surface area contributed by atoms with Crippen LogP contribution in [0, 0.1) is 0 Å². The zero-order chi connectivity index (χ0) is 14.9. The molecule has 21 heavy (non-hydrogen) atoms. The first kappa shape index (κ1) is 13.8. The summed E-state index contributed by atoms with van der Waals surface area (Å²) in [5.41, 5.74) is 4.67. The molecule has 3 aromatic rings. The molecule has 0 saturated heterocycles. The summed E-state index contributed by atoms with van der Waals surface area (Å²) in [5.74, 6) is 0. The van der Waals surface area contributed by atoms with Gasteiger partial charge in [-0.1, -0.05) is 60.7 Å². The minimum atomic E-state index is -1.57. The van der Waals surface area contributed by atoms with Crippen LogP contribution in [0.3, 0.4) is 0 Å². The third kappa shape index (κ3) is 2.83. The van der Waals surface area contributed by atoms with Gasteiger partial charge in [-0.2, -0.15) is 5.10 Å². The lowest BCUT2D eigenvalue weighted by molar-refractivity contribution is 0.945. The molecule has 0 amide bonds. The van der Waals surface area contributed by atoms with Crippen LogP contribution in [0.1, 0.15) is 0 Å². The van der Waals surface area contributed by atoms with Crippen LogP contribution in [0.2, 0.25) is 19.6 Å². The highest BCUT2D eigenvalue weighted by atomic mass is 28.3. The molecule has 0 aliphatic carbocycles. The summed E-state index contributed by atoms with van der Waals surface area (Å²) in [7, 11) is -1.57. The molecule has 0 spiro atoms. The summed E-state index contributed by atoms with van der Waals surface area (Å²) in [4.78, 5) is 0. The minimum absolute atomic E-state index is 1.05. The number of rotatable bonds is 3. The SMILES string of the molecule is C[Si](C)(C)n1nc(-c2ccccc2)cc1-c1ccccc1. The summed E-state index contributed by atoms with van der Waals surface area (Å²) in [5, 5.41) is 4.91. The van der Waals surface area contributed by atoms with Gasteiger partial charge in [0.15, 0.2) is 8.24 Å². The highest BCUT2D eigenvalue weighted by molar-refractivity contribution is 6.74. The molecule has 3 heteroatoms. The Morgan fingerprint density at radius 3 is 1.81 bits per heavy atom. The lowest BCUT2D eigenvalue weighted by Crippen LogP contribution is -2.33. The molecular formula is C18H20N2Si.